The number of H-pyrrole nitrogens is 1. The lowest BCUT2D eigenvalue weighted by molar-refractivity contribution is -0.440. The van der Waals surface area contributed by atoms with Crippen LogP contribution in [0.15, 0.2) is 54.6 Å². The molecule has 120 valence electrons. The summed E-state index contributed by atoms with van der Waals surface area (Å²) >= 11 is 0. The van der Waals surface area contributed by atoms with Gasteiger partial charge in [0.25, 0.3) is 0 Å². The average molecular weight is 317 g/mol. The fraction of sp³-hybridized carbons (Fsp3) is 0.238. The van der Waals surface area contributed by atoms with Crippen LogP contribution in [-0.4, -0.2) is 28.2 Å². The first-order valence-electron chi connectivity index (χ1n) is 8.61. The predicted molar refractivity (Wildman–Crippen MR) is 97.5 cm³/mol. The molecular weight excluding hydrogens is 296 g/mol. The van der Waals surface area contributed by atoms with Crippen LogP contribution in [-0.2, 0) is 11.2 Å². The Morgan fingerprint density at radius 3 is 2.58 bits per heavy atom. The summed E-state index contributed by atoms with van der Waals surface area (Å²) in [5.41, 5.74) is 4.94. The van der Waals surface area contributed by atoms with Crippen LogP contribution < -0.4 is 0 Å². The van der Waals surface area contributed by atoms with Gasteiger partial charge in [-0.25, -0.2) is 4.79 Å². The van der Waals surface area contributed by atoms with E-state index in [2.05, 4.69) is 53.5 Å². The van der Waals surface area contributed by atoms with Gasteiger partial charge < -0.3 is 4.98 Å². The van der Waals surface area contributed by atoms with Crippen molar-refractivity contribution in [2.24, 2.45) is 0 Å². The van der Waals surface area contributed by atoms with E-state index in [1.54, 1.807) is 0 Å². The van der Waals surface area contributed by atoms with E-state index in [1.807, 2.05) is 16.9 Å². The number of amides is 1. The first-order valence-corrected chi connectivity index (χ1v) is 8.61. The van der Waals surface area contributed by atoms with E-state index in [1.165, 1.54) is 27.7 Å². The van der Waals surface area contributed by atoms with E-state index in [9.17, 15) is 4.79 Å². The summed E-state index contributed by atoms with van der Waals surface area (Å²) in [5, 5.41) is 1.29. The van der Waals surface area contributed by atoms with E-state index in [4.69, 9.17) is 0 Å². The molecule has 3 nitrogen and oxygen atoms in total. The Morgan fingerprint density at radius 2 is 1.79 bits per heavy atom. The number of nitrogens with one attached hydrogen (secondary N) is 1. The lowest BCUT2D eigenvalue weighted by Crippen LogP contribution is -2.17. The van der Waals surface area contributed by atoms with Crippen molar-refractivity contribution in [3.05, 3.63) is 60.2 Å². The van der Waals surface area contributed by atoms with E-state index in [0.717, 1.165) is 25.8 Å². The van der Waals surface area contributed by atoms with Gasteiger partial charge in [-0.1, -0.05) is 48.5 Å². The van der Waals surface area contributed by atoms with Gasteiger partial charge in [0.15, 0.2) is 6.54 Å². The first-order chi connectivity index (χ1) is 11.8. The minimum Gasteiger partial charge on any atom is -0.354 e. The number of benzene rings is 2. The highest BCUT2D eigenvalue weighted by molar-refractivity contribution is 5.90. The third-order valence-corrected chi connectivity index (χ3v) is 4.73. The normalized spacial score (nSPS) is 14.3. The van der Waals surface area contributed by atoms with Crippen LogP contribution in [0.3, 0.4) is 0 Å². The monoisotopic (exact) mass is 317 g/mol. The Bertz CT molecular complexity index is 906. The zero-order valence-electron chi connectivity index (χ0n) is 13.7. The fourth-order valence-electron chi connectivity index (χ4n) is 3.54. The molecule has 24 heavy (non-hydrogen) atoms. The lowest BCUT2D eigenvalue weighted by atomic mass is 10.0. The quantitative estimate of drug-likeness (QED) is 0.704. The van der Waals surface area contributed by atoms with Gasteiger partial charge in [-0.15, -0.1) is 0 Å². The van der Waals surface area contributed by atoms with Crippen LogP contribution in [0.4, 0.5) is 0 Å². The molecule has 0 atom stereocenters. The summed E-state index contributed by atoms with van der Waals surface area (Å²) in [6.45, 7) is 0.812. The molecule has 0 saturated heterocycles. The molecule has 1 aromatic heterocycles. The number of para-hydroxylation sites is 1. The van der Waals surface area contributed by atoms with Gasteiger partial charge in [-0.2, -0.15) is 4.58 Å². The number of aryl methyl sites for hydroxylation is 1. The molecule has 0 aliphatic carbocycles. The zero-order valence-corrected chi connectivity index (χ0v) is 13.7. The Morgan fingerprint density at radius 1 is 1.00 bits per heavy atom. The molecule has 0 saturated carbocycles. The van der Waals surface area contributed by atoms with Crippen molar-refractivity contribution in [3.63, 3.8) is 0 Å². The summed E-state index contributed by atoms with van der Waals surface area (Å²) < 4.78 is 1.89. The van der Waals surface area contributed by atoms with Gasteiger partial charge >= 0.3 is 5.91 Å². The maximum absolute atomic E-state index is 11.8. The third kappa shape index (κ3) is 2.78. The third-order valence-electron chi connectivity index (χ3n) is 4.73. The Kier molecular flexibility index (Phi) is 3.99. The molecule has 3 aromatic rings. The predicted octanol–water partition coefficient (Wildman–Crippen LogP) is 4.17. The molecule has 0 spiro atoms. The number of rotatable bonds is 5. The fourth-order valence-corrected chi connectivity index (χ4v) is 3.54. The van der Waals surface area contributed by atoms with Crippen LogP contribution in [0, 0.1) is 0 Å². The van der Waals surface area contributed by atoms with Crippen molar-refractivity contribution >= 4 is 23.0 Å². The first kappa shape index (κ1) is 14.9. The summed E-state index contributed by atoms with van der Waals surface area (Å²) in [5.74, 6) is 0.261. The highest BCUT2D eigenvalue weighted by Crippen LogP contribution is 2.31. The van der Waals surface area contributed by atoms with Crippen molar-refractivity contribution in [3.8, 4) is 11.3 Å². The minimum atomic E-state index is 0.261. The molecule has 0 radical (unpaired) electrons. The zero-order chi connectivity index (χ0) is 16.4. The Hall–Kier alpha value is -2.68. The second-order valence-corrected chi connectivity index (χ2v) is 6.30. The Labute approximate surface area is 141 Å². The Balaban J connectivity index is 1.64. The second-order valence-electron chi connectivity index (χ2n) is 6.30. The van der Waals surface area contributed by atoms with Gasteiger partial charge in [0.2, 0.25) is 0 Å². The van der Waals surface area contributed by atoms with Crippen LogP contribution in [0.1, 0.15) is 24.8 Å². The number of nitrogens with zero attached hydrogens (tertiary/aromatic N) is 1. The molecule has 2 heterocycles. The number of carbonyl (C=O) groups excluding carboxylic acids is 1. The number of carbonyl (C=O) groups is 1. The van der Waals surface area contributed by atoms with Crippen molar-refractivity contribution in [1.29, 1.82) is 0 Å². The second kappa shape index (κ2) is 6.44. The lowest BCUT2D eigenvalue weighted by Gasteiger charge is -2.04. The number of fused-ring (bicyclic) bond motifs is 1. The summed E-state index contributed by atoms with van der Waals surface area (Å²) in [7, 11) is 0. The van der Waals surface area contributed by atoms with Crippen molar-refractivity contribution < 1.29 is 9.37 Å². The highest BCUT2D eigenvalue weighted by Gasteiger charge is 2.22. The molecule has 3 heteroatoms. The van der Waals surface area contributed by atoms with E-state index in [-0.39, 0.29) is 5.91 Å². The molecule has 1 aliphatic rings. The van der Waals surface area contributed by atoms with Crippen LogP contribution in [0.5, 0.6) is 0 Å². The maximum atomic E-state index is 11.8. The smallest absolute Gasteiger partial charge is 0.354 e. The molecule has 0 fully saturated rings. The van der Waals surface area contributed by atoms with Crippen molar-refractivity contribution in [2.75, 3.05) is 6.54 Å². The molecular formula is C21H21N2O+. The van der Waals surface area contributed by atoms with Gasteiger partial charge in [0, 0.05) is 29.4 Å². The van der Waals surface area contributed by atoms with Gasteiger partial charge in [-0.3, -0.25) is 0 Å². The summed E-state index contributed by atoms with van der Waals surface area (Å²) in [6, 6.07) is 18.9. The average Bonchev–Trinajstić information content (AvgIpc) is 3.20. The molecule has 0 bridgehead atoms. The topological polar surface area (TPSA) is 35.9 Å². The van der Waals surface area contributed by atoms with E-state index < -0.39 is 0 Å². The van der Waals surface area contributed by atoms with Crippen molar-refractivity contribution in [1.82, 2.24) is 4.98 Å². The number of hydrogen-bond acceptors (Lipinski definition) is 1. The standard InChI is InChI=1S/C21H21N2O/c24-20-13-7-15-23(20)14-6-11-18-17-10-4-5-12-19(17)22-21(18)16-8-2-1-3-9-16/h1-5,8-10,12,15,22H,6-7,11,13-14H2/q+1. The highest BCUT2D eigenvalue weighted by atomic mass is 16.2. The number of hydrogen-bond donors (Lipinski definition) is 1. The van der Waals surface area contributed by atoms with Crippen LogP contribution in [0.25, 0.3) is 22.2 Å². The number of aromatic amines is 1. The molecule has 0 unspecified atom stereocenters. The van der Waals surface area contributed by atoms with Crippen molar-refractivity contribution in [2.45, 2.75) is 25.7 Å². The van der Waals surface area contributed by atoms with E-state index in [0.29, 0.717) is 6.42 Å². The minimum absolute atomic E-state index is 0.261. The van der Waals surface area contributed by atoms with Gasteiger partial charge in [-0.05, 0) is 23.6 Å². The largest absolute Gasteiger partial charge is 0.387 e. The van der Waals surface area contributed by atoms with Gasteiger partial charge in [0.1, 0.15) is 6.21 Å². The van der Waals surface area contributed by atoms with Crippen LogP contribution in [0.2, 0.25) is 0 Å². The molecule has 1 aliphatic heterocycles. The summed E-state index contributed by atoms with van der Waals surface area (Å²) in [4.78, 5) is 15.3. The van der Waals surface area contributed by atoms with Crippen LogP contribution >= 0.6 is 0 Å². The summed E-state index contributed by atoms with van der Waals surface area (Å²) in [6.07, 6.45) is 5.54. The van der Waals surface area contributed by atoms with Gasteiger partial charge in [0.05, 0.1) is 6.42 Å². The molecule has 1 amide bonds. The molecule has 2 aromatic carbocycles. The van der Waals surface area contributed by atoms with E-state index >= 15 is 0 Å². The molecule has 1 N–H and O–H groups in total. The number of aromatic nitrogens is 1. The SMILES string of the molecule is O=C1CCC=[N+]1CCCc1c(-c2ccccc2)[nH]c2ccccc12. The molecule has 4 rings (SSSR count). The maximum Gasteiger partial charge on any atom is 0.387 e.